The largest absolute Gasteiger partial charge is 0.217 e. The fourth-order valence-corrected chi connectivity index (χ4v) is 2.57. The molecule has 2 atom stereocenters. The van der Waals surface area contributed by atoms with E-state index in [2.05, 4.69) is 50.2 Å². The second-order valence-corrected chi connectivity index (χ2v) is 4.52. The Labute approximate surface area is 86.2 Å². The standard InChI is InChI=1S/C10H11BrN2/c11-9-4-1-3-8(7-9)10-12-5-2-6-13(10)12/h1,3-4,7,10H,2,5-6H2. The van der Waals surface area contributed by atoms with Crippen molar-refractivity contribution in [1.82, 2.24) is 10.0 Å². The summed E-state index contributed by atoms with van der Waals surface area (Å²) in [7, 11) is 0. The van der Waals surface area contributed by atoms with Gasteiger partial charge in [0.15, 0.2) is 0 Å². The van der Waals surface area contributed by atoms with Gasteiger partial charge in [-0.1, -0.05) is 28.1 Å². The number of fused-ring (bicyclic) bond motifs is 1. The monoisotopic (exact) mass is 238 g/mol. The van der Waals surface area contributed by atoms with E-state index in [0.717, 1.165) is 0 Å². The van der Waals surface area contributed by atoms with Gasteiger partial charge in [0.2, 0.25) is 0 Å². The van der Waals surface area contributed by atoms with Crippen molar-refractivity contribution in [3.8, 4) is 0 Å². The maximum absolute atomic E-state index is 3.50. The van der Waals surface area contributed by atoms with Crippen molar-refractivity contribution in [3.05, 3.63) is 34.3 Å². The Morgan fingerprint density at radius 2 is 2.00 bits per heavy atom. The first kappa shape index (κ1) is 7.97. The van der Waals surface area contributed by atoms with E-state index < -0.39 is 0 Å². The summed E-state index contributed by atoms with van der Waals surface area (Å²) in [6, 6.07) is 8.60. The van der Waals surface area contributed by atoms with E-state index in [4.69, 9.17) is 0 Å². The highest BCUT2D eigenvalue weighted by atomic mass is 79.9. The van der Waals surface area contributed by atoms with E-state index in [1.165, 1.54) is 29.5 Å². The van der Waals surface area contributed by atoms with Crippen LogP contribution in [0.1, 0.15) is 18.2 Å². The zero-order valence-electron chi connectivity index (χ0n) is 7.28. The number of nitrogens with zero attached hydrogens (tertiary/aromatic N) is 2. The van der Waals surface area contributed by atoms with E-state index in [1.54, 1.807) is 0 Å². The topological polar surface area (TPSA) is 6.02 Å². The van der Waals surface area contributed by atoms with Gasteiger partial charge in [0.25, 0.3) is 0 Å². The summed E-state index contributed by atoms with van der Waals surface area (Å²) in [5, 5.41) is 4.86. The lowest BCUT2D eigenvalue weighted by Crippen LogP contribution is -1.99. The second kappa shape index (κ2) is 2.80. The van der Waals surface area contributed by atoms with E-state index in [-0.39, 0.29) is 0 Å². The molecule has 0 saturated carbocycles. The van der Waals surface area contributed by atoms with Crippen LogP contribution in [0.4, 0.5) is 0 Å². The molecule has 0 aromatic heterocycles. The molecule has 0 aliphatic carbocycles. The average molecular weight is 239 g/mol. The van der Waals surface area contributed by atoms with Crippen LogP contribution in [0.15, 0.2) is 28.7 Å². The average Bonchev–Trinajstić information content (AvgIpc) is 2.61. The first-order chi connectivity index (χ1) is 6.36. The minimum Gasteiger partial charge on any atom is -0.217 e. The van der Waals surface area contributed by atoms with Crippen LogP contribution in [0, 0.1) is 0 Å². The Hall–Kier alpha value is -0.380. The van der Waals surface area contributed by atoms with Crippen LogP contribution in [0.5, 0.6) is 0 Å². The summed E-state index contributed by atoms with van der Waals surface area (Å²) in [5.41, 5.74) is 1.41. The summed E-state index contributed by atoms with van der Waals surface area (Å²) in [6.45, 7) is 2.47. The molecule has 0 radical (unpaired) electrons. The van der Waals surface area contributed by atoms with Crippen LogP contribution in [-0.4, -0.2) is 23.1 Å². The second-order valence-electron chi connectivity index (χ2n) is 3.61. The third kappa shape index (κ3) is 1.23. The van der Waals surface area contributed by atoms with E-state index in [0.29, 0.717) is 6.17 Å². The first-order valence-electron chi connectivity index (χ1n) is 4.65. The molecular weight excluding hydrogens is 228 g/mol. The third-order valence-electron chi connectivity index (χ3n) is 2.76. The lowest BCUT2D eigenvalue weighted by Gasteiger charge is -2.01. The van der Waals surface area contributed by atoms with Gasteiger partial charge >= 0.3 is 0 Å². The molecule has 0 amide bonds. The Morgan fingerprint density at radius 1 is 1.23 bits per heavy atom. The molecule has 68 valence electrons. The summed E-state index contributed by atoms with van der Waals surface area (Å²) in [4.78, 5) is 0. The number of hydrazine groups is 1. The molecule has 0 N–H and O–H groups in total. The predicted octanol–water partition coefficient (Wildman–Crippen LogP) is 2.38. The summed E-state index contributed by atoms with van der Waals surface area (Å²) in [6.07, 6.45) is 1.90. The fourth-order valence-electron chi connectivity index (χ4n) is 2.15. The minimum atomic E-state index is 0.575. The van der Waals surface area contributed by atoms with Crippen LogP contribution < -0.4 is 0 Å². The lowest BCUT2D eigenvalue weighted by molar-refractivity contribution is 0.412. The number of hydrogen-bond donors (Lipinski definition) is 0. The zero-order valence-corrected chi connectivity index (χ0v) is 8.87. The Balaban J connectivity index is 1.87. The van der Waals surface area contributed by atoms with Crippen LogP contribution in [0.3, 0.4) is 0 Å². The molecule has 13 heavy (non-hydrogen) atoms. The fraction of sp³-hybridized carbons (Fsp3) is 0.400. The SMILES string of the molecule is Brc1cccc(C2N3CCCN23)c1. The molecule has 2 heterocycles. The van der Waals surface area contributed by atoms with Crippen molar-refractivity contribution >= 4 is 15.9 Å². The molecule has 3 heteroatoms. The third-order valence-corrected chi connectivity index (χ3v) is 3.25. The molecule has 2 unspecified atom stereocenters. The van der Waals surface area contributed by atoms with Gasteiger partial charge in [0.1, 0.15) is 6.17 Å². The number of benzene rings is 1. The van der Waals surface area contributed by atoms with Crippen molar-refractivity contribution in [3.63, 3.8) is 0 Å². The van der Waals surface area contributed by atoms with Crippen molar-refractivity contribution in [2.45, 2.75) is 12.6 Å². The highest BCUT2D eigenvalue weighted by Gasteiger charge is 2.48. The summed E-state index contributed by atoms with van der Waals surface area (Å²) < 4.78 is 1.18. The smallest absolute Gasteiger partial charge is 0.115 e. The van der Waals surface area contributed by atoms with Crippen LogP contribution in [0.25, 0.3) is 0 Å². The van der Waals surface area contributed by atoms with E-state index in [9.17, 15) is 0 Å². The van der Waals surface area contributed by atoms with Crippen molar-refractivity contribution in [1.29, 1.82) is 0 Å². The Morgan fingerprint density at radius 3 is 2.69 bits per heavy atom. The van der Waals surface area contributed by atoms with Gasteiger partial charge in [-0.05, 0) is 24.1 Å². The number of hydrogen-bond acceptors (Lipinski definition) is 2. The summed E-state index contributed by atoms with van der Waals surface area (Å²) in [5.74, 6) is 0. The Kier molecular flexibility index (Phi) is 1.72. The van der Waals surface area contributed by atoms with E-state index >= 15 is 0 Å². The summed E-state index contributed by atoms with van der Waals surface area (Å²) >= 11 is 3.50. The molecule has 1 aromatic carbocycles. The van der Waals surface area contributed by atoms with Gasteiger partial charge in [0, 0.05) is 17.6 Å². The van der Waals surface area contributed by atoms with Gasteiger partial charge in [-0.25, -0.2) is 10.0 Å². The van der Waals surface area contributed by atoms with Gasteiger partial charge in [-0.3, -0.25) is 0 Å². The van der Waals surface area contributed by atoms with Crippen LogP contribution >= 0.6 is 15.9 Å². The highest BCUT2D eigenvalue weighted by molar-refractivity contribution is 9.10. The maximum Gasteiger partial charge on any atom is 0.115 e. The van der Waals surface area contributed by atoms with E-state index in [1.807, 2.05) is 0 Å². The zero-order chi connectivity index (χ0) is 8.84. The maximum atomic E-state index is 3.50. The highest BCUT2D eigenvalue weighted by Crippen LogP contribution is 2.45. The van der Waals surface area contributed by atoms with Crippen LogP contribution in [0.2, 0.25) is 0 Å². The van der Waals surface area contributed by atoms with Crippen molar-refractivity contribution in [2.75, 3.05) is 13.1 Å². The van der Waals surface area contributed by atoms with Crippen LogP contribution in [-0.2, 0) is 0 Å². The molecule has 2 fully saturated rings. The number of rotatable bonds is 1. The molecule has 3 rings (SSSR count). The van der Waals surface area contributed by atoms with Gasteiger partial charge in [-0.2, -0.15) is 0 Å². The van der Waals surface area contributed by atoms with Gasteiger partial charge < -0.3 is 0 Å². The molecule has 2 nitrogen and oxygen atoms in total. The molecule has 2 aliphatic rings. The van der Waals surface area contributed by atoms with Gasteiger partial charge in [0.05, 0.1) is 0 Å². The van der Waals surface area contributed by atoms with Crippen molar-refractivity contribution < 1.29 is 0 Å². The molecule has 1 aromatic rings. The van der Waals surface area contributed by atoms with Gasteiger partial charge in [-0.15, -0.1) is 0 Å². The molecule has 0 spiro atoms. The quantitative estimate of drug-likeness (QED) is 0.694. The van der Waals surface area contributed by atoms with Crippen molar-refractivity contribution in [2.24, 2.45) is 0 Å². The molecular formula is C10H11BrN2. The minimum absolute atomic E-state index is 0.575. The number of halogens is 1. The molecule has 2 aliphatic heterocycles. The molecule has 0 bridgehead atoms. The predicted molar refractivity (Wildman–Crippen MR) is 54.9 cm³/mol. The first-order valence-corrected chi connectivity index (χ1v) is 5.44. The molecule has 2 saturated heterocycles. The lowest BCUT2D eigenvalue weighted by atomic mass is 10.2. The normalized spacial score (nSPS) is 35.9. The Bertz CT molecular complexity index is 329.